The molecule has 0 spiro atoms. The molecule has 0 amide bonds. The Hall–Kier alpha value is -2.05. The number of para-hydroxylation sites is 1. The molecular formula is C21H32N4OS. The van der Waals surface area contributed by atoms with Crippen molar-refractivity contribution in [3.63, 3.8) is 0 Å². The van der Waals surface area contributed by atoms with Gasteiger partial charge in [0.25, 0.3) is 0 Å². The molecule has 1 aromatic carbocycles. The second kappa shape index (κ2) is 11.6. The highest BCUT2D eigenvalue weighted by atomic mass is 32.1. The maximum absolute atomic E-state index is 5.95. The topological polar surface area (TPSA) is 40.1 Å². The van der Waals surface area contributed by atoms with E-state index in [9.17, 15) is 0 Å². The van der Waals surface area contributed by atoms with Gasteiger partial charge >= 0.3 is 0 Å². The lowest BCUT2D eigenvalue weighted by atomic mass is 10.2. The maximum atomic E-state index is 5.95. The molecule has 2 rings (SSSR count). The summed E-state index contributed by atoms with van der Waals surface area (Å²) in [5.74, 6) is 1.84. The molecule has 5 nitrogen and oxygen atoms in total. The van der Waals surface area contributed by atoms with Gasteiger partial charge in [-0.3, -0.25) is 0 Å². The number of nitrogens with zero attached hydrogens (tertiary/aromatic N) is 3. The van der Waals surface area contributed by atoms with Crippen LogP contribution in [0.1, 0.15) is 17.4 Å². The Kier molecular flexibility index (Phi) is 9.15. The lowest BCUT2D eigenvalue weighted by Crippen LogP contribution is -2.39. The van der Waals surface area contributed by atoms with Crippen molar-refractivity contribution in [1.29, 1.82) is 0 Å². The molecule has 0 saturated heterocycles. The summed E-state index contributed by atoms with van der Waals surface area (Å²) in [5.41, 5.74) is 1.11. The smallest absolute Gasteiger partial charge is 0.193 e. The predicted octanol–water partition coefficient (Wildman–Crippen LogP) is 3.33. The van der Waals surface area contributed by atoms with E-state index in [2.05, 4.69) is 52.7 Å². The Morgan fingerprint density at radius 2 is 1.93 bits per heavy atom. The van der Waals surface area contributed by atoms with Crippen LogP contribution in [0, 0.1) is 0 Å². The van der Waals surface area contributed by atoms with E-state index in [4.69, 9.17) is 9.73 Å². The van der Waals surface area contributed by atoms with Crippen molar-refractivity contribution in [2.75, 3.05) is 47.4 Å². The van der Waals surface area contributed by atoms with Crippen LogP contribution in [0.2, 0.25) is 0 Å². The van der Waals surface area contributed by atoms with Crippen molar-refractivity contribution in [1.82, 2.24) is 15.1 Å². The highest BCUT2D eigenvalue weighted by Crippen LogP contribution is 2.19. The fourth-order valence-electron chi connectivity index (χ4n) is 2.58. The summed E-state index contributed by atoms with van der Waals surface area (Å²) in [6.45, 7) is 6.06. The molecule has 1 heterocycles. The fraction of sp³-hybridized carbons (Fsp3) is 0.476. The van der Waals surface area contributed by atoms with Crippen LogP contribution in [0.5, 0.6) is 5.75 Å². The summed E-state index contributed by atoms with van der Waals surface area (Å²) in [6, 6.07) is 12.4. The molecule has 2 aromatic rings. The Morgan fingerprint density at radius 1 is 1.11 bits per heavy atom. The normalized spacial score (nSPS) is 11.7. The third-order valence-electron chi connectivity index (χ3n) is 4.14. The maximum Gasteiger partial charge on any atom is 0.193 e. The molecule has 0 radical (unpaired) electrons. The number of likely N-dealkylation sites (N-methyl/N-ethyl adjacent to an activating group) is 2. The van der Waals surface area contributed by atoms with Crippen molar-refractivity contribution >= 4 is 17.3 Å². The van der Waals surface area contributed by atoms with Crippen LogP contribution in [-0.4, -0.2) is 63.1 Å². The average molecular weight is 389 g/mol. The van der Waals surface area contributed by atoms with Crippen molar-refractivity contribution in [2.45, 2.75) is 19.9 Å². The van der Waals surface area contributed by atoms with Crippen molar-refractivity contribution in [2.24, 2.45) is 4.99 Å². The van der Waals surface area contributed by atoms with Gasteiger partial charge in [0.05, 0.1) is 6.54 Å². The molecule has 0 atom stereocenters. The predicted molar refractivity (Wildman–Crippen MR) is 116 cm³/mol. The number of thiophene rings is 1. The average Bonchev–Trinajstić information content (AvgIpc) is 3.17. The Labute approximate surface area is 167 Å². The summed E-state index contributed by atoms with van der Waals surface area (Å²) in [5, 5.41) is 5.52. The van der Waals surface area contributed by atoms with Crippen LogP contribution < -0.4 is 10.1 Å². The minimum absolute atomic E-state index is 0.601. The zero-order valence-electron chi connectivity index (χ0n) is 16.9. The van der Waals surface area contributed by atoms with Gasteiger partial charge in [0.1, 0.15) is 12.4 Å². The van der Waals surface area contributed by atoms with E-state index in [-0.39, 0.29) is 0 Å². The molecule has 1 aromatic heterocycles. The van der Waals surface area contributed by atoms with Gasteiger partial charge in [0.2, 0.25) is 0 Å². The van der Waals surface area contributed by atoms with E-state index < -0.39 is 0 Å². The van der Waals surface area contributed by atoms with E-state index in [0.717, 1.165) is 43.3 Å². The SMILES string of the molecule is CCNC(=NCc1ccccc1OCCN(C)C)N(C)CCc1cccs1. The molecular weight excluding hydrogens is 356 g/mol. The second-order valence-electron chi connectivity index (χ2n) is 6.68. The quantitative estimate of drug-likeness (QED) is 0.501. The monoisotopic (exact) mass is 388 g/mol. The van der Waals surface area contributed by atoms with Crippen molar-refractivity contribution in [3.8, 4) is 5.75 Å². The van der Waals surface area contributed by atoms with E-state index in [1.165, 1.54) is 4.88 Å². The Morgan fingerprint density at radius 3 is 2.63 bits per heavy atom. The highest BCUT2D eigenvalue weighted by molar-refractivity contribution is 7.09. The van der Waals surface area contributed by atoms with Gasteiger partial charge in [-0.05, 0) is 45.0 Å². The summed E-state index contributed by atoms with van der Waals surface area (Å²) in [4.78, 5) is 10.5. The number of hydrogen-bond acceptors (Lipinski definition) is 4. The summed E-state index contributed by atoms with van der Waals surface area (Å²) in [7, 11) is 6.19. The standard InChI is InChI=1S/C21H32N4OS/c1-5-22-21(25(4)13-12-19-10-8-16-27-19)23-17-18-9-6-7-11-20(18)26-15-14-24(2)3/h6-11,16H,5,12-15,17H2,1-4H3,(H,22,23). The summed E-state index contributed by atoms with van der Waals surface area (Å²) < 4.78 is 5.95. The Balaban J connectivity index is 1.98. The van der Waals surface area contributed by atoms with Gasteiger partial charge in [-0.25, -0.2) is 4.99 Å². The minimum Gasteiger partial charge on any atom is -0.492 e. The zero-order chi connectivity index (χ0) is 19.5. The van der Waals surface area contributed by atoms with Gasteiger partial charge in [0.15, 0.2) is 5.96 Å². The van der Waals surface area contributed by atoms with Crippen LogP contribution in [-0.2, 0) is 13.0 Å². The number of hydrogen-bond donors (Lipinski definition) is 1. The van der Waals surface area contributed by atoms with Crippen LogP contribution >= 0.6 is 11.3 Å². The van der Waals surface area contributed by atoms with Gasteiger partial charge < -0.3 is 19.9 Å². The first kappa shape index (κ1) is 21.3. The second-order valence-corrected chi connectivity index (χ2v) is 7.71. The summed E-state index contributed by atoms with van der Waals surface area (Å²) >= 11 is 1.80. The van der Waals surface area contributed by atoms with Crippen LogP contribution in [0.15, 0.2) is 46.8 Å². The molecule has 0 saturated carbocycles. The molecule has 148 valence electrons. The van der Waals surface area contributed by atoms with E-state index in [1.54, 1.807) is 11.3 Å². The van der Waals surface area contributed by atoms with Gasteiger partial charge in [0, 0.05) is 37.1 Å². The number of guanidine groups is 1. The minimum atomic E-state index is 0.601. The number of benzene rings is 1. The largest absolute Gasteiger partial charge is 0.492 e. The molecule has 0 aliphatic rings. The molecule has 27 heavy (non-hydrogen) atoms. The molecule has 0 aliphatic heterocycles. The Bertz CT molecular complexity index is 685. The van der Waals surface area contributed by atoms with Gasteiger partial charge in [-0.2, -0.15) is 0 Å². The van der Waals surface area contributed by atoms with E-state index in [0.29, 0.717) is 13.2 Å². The van der Waals surface area contributed by atoms with Crippen LogP contribution in [0.25, 0.3) is 0 Å². The third kappa shape index (κ3) is 7.61. The number of nitrogens with one attached hydrogen (secondary N) is 1. The first-order valence-electron chi connectivity index (χ1n) is 9.47. The third-order valence-corrected chi connectivity index (χ3v) is 5.07. The van der Waals surface area contributed by atoms with E-state index in [1.807, 2.05) is 32.3 Å². The van der Waals surface area contributed by atoms with Gasteiger partial charge in [-0.1, -0.05) is 24.3 Å². The molecule has 0 bridgehead atoms. The number of ether oxygens (including phenoxy) is 1. The van der Waals surface area contributed by atoms with Crippen LogP contribution in [0.4, 0.5) is 0 Å². The van der Waals surface area contributed by atoms with E-state index >= 15 is 0 Å². The molecule has 6 heteroatoms. The first-order chi connectivity index (χ1) is 13.1. The van der Waals surface area contributed by atoms with Crippen LogP contribution in [0.3, 0.4) is 0 Å². The van der Waals surface area contributed by atoms with Crippen molar-refractivity contribution < 1.29 is 4.74 Å². The zero-order valence-corrected chi connectivity index (χ0v) is 17.8. The molecule has 0 unspecified atom stereocenters. The molecule has 1 N–H and O–H groups in total. The lowest BCUT2D eigenvalue weighted by Gasteiger charge is -2.22. The molecule has 0 fully saturated rings. The fourth-order valence-corrected chi connectivity index (χ4v) is 3.28. The number of aliphatic imine (C=N–C) groups is 1. The highest BCUT2D eigenvalue weighted by Gasteiger charge is 2.08. The van der Waals surface area contributed by atoms with Crippen molar-refractivity contribution in [3.05, 3.63) is 52.2 Å². The number of rotatable bonds is 10. The first-order valence-corrected chi connectivity index (χ1v) is 10.4. The molecule has 0 aliphatic carbocycles. The van der Waals surface area contributed by atoms with Gasteiger partial charge in [-0.15, -0.1) is 11.3 Å². The summed E-state index contributed by atoms with van der Waals surface area (Å²) in [6.07, 6.45) is 1.03. The lowest BCUT2D eigenvalue weighted by molar-refractivity contribution is 0.259.